The number of halogens is 1. The maximum absolute atomic E-state index is 13.2. The highest BCUT2D eigenvalue weighted by Gasteiger charge is 2.24. The number of nitro benzene ring substituents is 1. The molecule has 7 nitrogen and oxygen atoms in total. The van der Waals surface area contributed by atoms with Crippen molar-refractivity contribution >= 4 is 23.4 Å². The highest BCUT2D eigenvalue weighted by atomic mass is 32.2. The van der Waals surface area contributed by atoms with Crippen LogP contribution in [0.1, 0.15) is 30.1 Å². The molecule has 1 aliphatic heterocycles. The summed E-state index contributed by atoms with van der Waals surface area (Å²) in [6.07, 6.45) is 2.12. The van der Waals surface area contributed by atoms with Gasteiger partial charge in [0.2, 0.25) is 0 Å². The van der Waals surface area contributed by atoms with Gasteiger partial charge in [0.25, 0.3) is 11.6 Å². The van der Waals surface area contributed by atoms with Crippen molar-refractivity contribution in [3.05, 3.63) is 57.9 Å². The molecule has 0 spiro atoms. The molecule has 0 bridgehead atoms. The standard InChI is InChI=1S/C20H22FN3O4S/c1-2-23-9-3-4-14(23)12-22-20(26)13-5-8-19(17(10-13)24(27)28)29-15-6-7-16(21)18(25)11-15/h5-8,10-11,14,25H,2-4,9,12H2,1H3,(H,22,26). The number of amides is 1. The maximum Gasteiger partial charge on any atom is 0.284 e. The summed E-state index contributed by atoms with van der Waals surface area (Å²) in [6, 6.07) is 8.27. The number of aromatic hydroxyl groups is 1. The molecule has 1 amide bonds. The van der Waals surface area contributed by atoms with Gasteiger partial charge in [-0.1, -0.05) is 18.7 Å². The molecule has 9 heteroatoms. The predicted octanol–water partition coefficient (Wildman–Crippen LogP) is 3.80. The largest absolute Gasteiger partial charge is 0.505 e. The number of benzene rings is 2. The first-order valence-corrected chi connectivity index (χ1v) is 10.2. The number of phenols is 1. The maximum atomic E-state index is 13.2. The molecule has 0 saturated carbocycles. The number of likely N-dealkylation sites (tertiary alicyclic amines) is 1. The van der Waals surface area contributed by atoms with Crippen LogP contribution < -0.4 is 5.32 Å². The van der Waals surface area contributed by atoms with Crippen LogP contribution in [0.4, 0.5) is 10.1 Å². The Labute approximate surface area is 172 Å². The summed E-state index contributed by atoms with van der Waals surface area (Å²) in [5.41, 5.74) is -0.00781. The van der Waals surface area contributed by atoms with E-state index in [2.05, 4.69) is 17.1 Å². The van der Waals surface area contributed by atoms with Gasteiger partial charge in [-0.3, -0.25) is 19.8 Å². The minimum absolute atomic E-state index is 0.212. The molecular formula is C20H22FN3O4S. The molecule has 1 atom stereocenters. The molecule has 0 aliphatic carbocycles. The third-order valence-electron chi connectivity index (χ3n) is 4.97. The van der Waals surface area contributed by atoms with Crippen molar-refractivity contribution in [3.63, 3.8) is 0 Å². The van der Waals surface area contributed by atoms with Crippen LogP contribution >= 0.6 is 11.8 Å². The number of nitrogens with zero attached hydrogens (tertiary/aromatic N) is 2. The first-order valence-electron chi connectivity index (χ1n) is 9.36. The van der Waals surface area contributed by atoms with Gasteiger partial charge in [-0.25, -0.2) is 4.39 Å². The zero-order valence-electron chi connectivity index (χ0n) is 15.9. The van der Waals surface area contributed by atoms with Crippen molar-refractivity contribution in [1.29, 1.82) is 0 Å². The van der Waals surface area contributed by atoms with Gasteiger partial charge in [-0.05, 0) is 56.3 Å². The second kappa shape index (κ2) is 9.23. The van der Waals surface area contributed by atoms with Crippen LogP contribution in [0.5, 0.6) is 5.75 Å². The highest BCUT2D eigenvalue weighted by Crippen LogP contribution is 2.37. The van der Waals surface area contributed by atoms with Crippen LogP contribution in [-0.4, -0.2) is 46.5 Å². The lowest BCUT2D eigenvalue weighted by atomic mass is 10.1. The third-order valence-corrected chi connectivity index (χ3v) is 6.02. The third kappa shape index (κ3) is 5.04. The van der Waals surface area contributed by atoms with Crippen molar-refractivity contribution in [2.75, 3.05) is 19.6 Å². The number of likely N-dealkylation sites (N-methyl/N-ethyl adjacent to an activating group) is 1. The molecule has 0 aromatic heterocycles. The van der Waals surface area contributed by atoms with Gasteiger partial charge in [-0.2, -0.15) is 0 Å². The Morgan fingerprint density at radius 2 is 2.17 bits per heavy atom. The molecule has 29 heavy (non-hydrogen) atoms. The van der Waals surface area contributed by atoms with E-state index in [4.69, 9.17) is 0 Å². The molecule has 2 aromatic carbocycles. The van der Waals surface area contributed by atoms with Crippen molar-refractivity contribution in [3.8, 4) is 5.75 Å². The van der Waals surface area contributed by atoms with Gasteiger partial charge in [0.05, 0.1) is 9.82 Å². The van der Waals surface area contributed by atoms with E-state index in [-0.39, 0.29) is 17.2 Å². The Hall–Kier alpha value is -2.65. The lowest BCUT2D eigenvalue weighted by Gasteiger charge is -2.22. The SMILES string of the molecule is CCN1CCCC1CNC(=O)c1ccc(Sc2ccc(F)c(O)c2)c([N+](=O)[O-])c1. The van der Waals surface area contributed by atoms with Gasteiger partial charge in [-0.15, -0.1) is 0 Å². The Bertz CT molecular complexity index is 925. The molecule has 1 saturated heterocycles. The molecule has 1 aliphatic rings. The fourth-order valence-electron chi connectivity index (χ4n) is 3.43. The molecule has 0 radical (unpaired) electrons. The number of carbonyl (C=O) groups excluding carboxylic acids is 1. The van der Waals surface area contributed by atoms with Crippen LogP contribution in [0.2, 0.25) is 0 Å². The first kappa shape index (κ1) is 21.1. The van der Waals surface area contributed by atoms with Crippen molar-refractivity contribution in [2.24, 2.45) is 0 Å². The average molecular weight is 419 g/mol. The summed E-state index contributed by atoms with van der Waals surface area (Å²) in [4.78, 5) is 26.5. The number of nitrogens with one attached hydrogen (secondary N) is 1. The summed E-state index contributed by atoms with van der Waals surface area (Å²) in [5, 5.41) is 23.9. The molecule has 1 fully saturated rings. The normalized spacial score (nSPS) is 16.7. The Balaban J connectivity index is 1.73. The summed E-state index contributed by atoms with van der Waals surface area (Å²) >= 11 is 1.02. The second-order valence-corrected chi connectivity index (χ2v) is 7.90. The first-order chi connectivity index (χ1) is 13.9. The minimum Gasteiger partial charge on any atom is -0.505 e. The van der Waals surface area contributed by atoms with E-state index in [0.29, 0.717) is 22.4 Å². The minimum atomic E-state index is -0.764. The molecule has 1 heterocycles. The van der Waals surface area contributed by atoms with Crippen molar-refractivity contribution < 1.29 is 19.2 Å². The zero-order valence-corrected chi connectivity index (χ0v) is 16.7. The zero-order chi connectivity index (χ0) is 21.0. The highest BCUT2D eigenvalue weighted by molar-refractivity contribution is 7.99. The van der Waals surface area contributed by atoms with Gasteiger partial charge >= 0.3 is 0 Å². The number of hydrogen-bond acceptors (Lipinski definition) is 6. The summed E-state index contributed by atoms with van der Waals surface area (Å²) < 4.78 is 13.2. The van der Waals surface area contributed by atoms with E-state index in [1.165, 1.54) is 30.3 Å². The number of rotatable bonds is 7. The van der Waals surface area contributed by atoms with E-state index in [0.717, 1.165) is 43.8 Å². The summed E-state index contributed by atoms with van der Waals surface area (Å²) in [5.74, 6) is -1.64. The molecular weight excluding hydrogens is 397 g/mol. The molecule has 2 N–H and O–H groups in total. The molecule has 2 aromatic rings. The Morgan fingerprint density at radius 3 is 2.86 bits per heavy atom. The fraction of sp³-hybridized carbons (Fsp3) is 0.350. The summed E-state index contributed by atoms with van der Waals surface area (Å²) in [7, 11) is 0. The van der Waals surface area contributed by atoms with Crippen LogP contribution in [0.15, 0.2) is 46.2 Å². The monoisotopic (exact) mass is 419 g/mol. The van der Waals surface area contributed by atoms with Gasteiger partial charge < -0.3 is 10.4 Å². The van der Waals surface area contributed by atoms with E-state index >= 15 is 0 Å². The second-order valence-electron chi connectivity index (χ2n) is 6.79. The van der Waals surface area contributed by atoms with E-state index < -0.39 is 16.5 Å². The van der Waals surface area contributed by atoms with Crippen molar-refractivity contribution in [1.82, 2.24) is 10.2 Å². The fourth-order valence-corrected chi connectivity index (χ4v) is 4.36. The number of hydrogen-bond donors (Lipinski definition) is 2. The van der Waals surface area contributed by atoms with E-state index in [1.807, 2.05) is 0 Å². The number of phenolic OH excluding ortho intramolecular Hbond substituents is 1. The van der Waals surface area contributed by atoms with Crippen LogP contribution in [0, 0.1) is 15.9 Å². The van der Waals surface area contributed by atoms with Gasteiger partial charge in [0, 0.05) is 29.1 Å². The topological polar surface area (TPSA) is 95.7 Å². The average Bonchev–Trinajstić information content (AvgIpc) is 3.16. The molecule has 3 rings (SSSR count). The predicted molar refractivity (Wildman–Crippen MR) is 108 cm³/mol. The van der Waals surface area contributed by atoms with Gasteiger partial charge in [0.15, 0.2) is 11.6 Å². The lowest BCUT2D eigenvalue weighted by molar-refractivity contribution is -0.387. The van der Waals surface area contributed by atoms with Crippen LogP contribution in [-0.2, 0) is 0 Å². The van der Waals surface area contributed by atoms with Gasteiger partial charge in [0.1, 0.15) is 0 Å². The van der Waals surface area contributed by atoms with E-state index in [1.54, 1.807) is 0 Å². The van der Waals surface area contributed by atoms with Crippen LogP contribution in [0.25, 0.3) is 0 Å². The van der Waals surface area contributed by atoms with E-state index in [9.17, 15) is 24.4 Å². The number of nitro groups is 1. The lowest BCUT2D eigenvalue weighted by Crippen LogP contribution is -2.40. The Kier molecular flexibility index (Phi) is 6.71. The number of carbonyl (C=O) groups is 1. The smallest absolute Gasteiger partial charge is 0.284 e. The quantitative estimate of drug-likeness (QED) is 0.523. The van der Waals surface area contributed by atoms with Crippen molar-refractivity contribution in [2.45, 2.75) is 35.6 Å². The Morgan fingerprint density at radius 1 is 1.38 bits per heavy atom. The van der Waals surface area contributed by atoms with Crippen LogP contribution in [0.3, 0.4) is 0 Å². The molecule has 1 unspecified atom stereocenters. The summed E-state index contributed by atoms with van der Waals surface area (Å²) in [6.45, 7) is 4.54. The molecule has 154 valence electrons.